The summed E-state index contributed by atoms with van der Waals surface area (Å²) in [5.74, 6) is 1.00. The van der Waals surface area contributed by atoms with E-state index in [1.807, 2.05) is 18.5 Å². The molecule has 4 fully saturated rings. The number of hydrogen-bond acceptors (Lipinski definition) is 3. The maximum atomic E-state index is 4.26. The molecule has 1 aromatic rings. The van der Waals surface area contributed by atoms with Crippen LogP contribution in [0.3, 0.4) is 0 Å². The zero-order chi connectivity index (χ0) is 12.0. The summed E-state index contributed by atoms with van der Waals surface area (Å²) >= 11 is 0. The summed E-state index contributed by atoms with van der Waals surface area (Å²) in [4.78, 5) is 9.57. The topological polar surface area (TPSA) is 19.4 Å². The Labute approximate surface area is 109 Å². The molecule has 5 heterocycles. The molecule has 0 amide bonds. The van der Waals surface area contributed by atoms with Crippen molar-refractivity contribution in [1.82, 2.24) is 9.88 Å². The lowest BCUT2D eigenvalue weighted by molar-refractivity contribution is -0.0157. The van der Waals surface area contributed by atoms with Gasteiger partial charge in [0.2, 0.25) is 0 Å². The van der Waals surface area contributed by atoms with Crippen molar-refractivity contribution >= 4 is 5.69 Å². The van der Waals surface area contributed by atoms with Crippen LogP contribution < -0.4 is 4.90 Å². The fourth-order valence-electron chi connectivity index (χ4n) is 4.32. The predicted octanol–water partition coefficient (Wildman–Crippen LogP) is 2.15. The van der Waals surface area contributed by atoms with Gasteiger partial charge in [0, 0.05) is 24.8 Å². The zero-order valence-electron chi connectivity index (χ0n) is 10.9. The van der Waals surface area contributed by atoms with Gasteiger partial charge < -0.3 is 4.90 Å². The molecule has 96 valence electrons. The second kappa shape index (κ2) is 3.95. The molecule has 0 saturated carbocycles. The Morgan fingerprint density at radius 1 is 1.22 bits per heavy atom. The third-order valence-electron chi connectivity index (χ3n) is 5.30. The van der Waals surface area contributed by atoms with E-state index in [1.165, 1.54) is 57.5 Å². The van der Waals surface area contributed by atoms with Gasteiger partial charge in [-0.2, -0.15) is 0 Å². The third kappa shape index (κ3) is 1.57. The fraction of sp³-hybridized carbons (Fsp3) is 0.667. The molecule has 2 bridgehead atoms. The summed E-state index contributed by atoms with van der Waals surface area (Å²) in [6.45, 7) is 5.10. The monoisotopic (exact) mass is 243 g/mol. The van der Waals surface area contributed by atoms with E-state index in [-0.39, 0.29) is 0 Å². The van der Waals surface area contributed by atoms with E-state index in [9.17, 15) is 0 Å². The SMILES string of the molecule is c1cncc(N2CC[C@]3(CC4CCN3CC4)C2)c1. The van der Waals surface area contributed by atoms with E-state index < -0.39 is 0 Å². The van der Waals surface area contributed by atoms with Crippen LogP contribution >= 0.6 is 0 Å². The van der Waals surface area contributed by atoms with E-state index in [0.29, 0.717) is 5.54 Å². The van der Waals surface area contributed by atoms with Gasteiger partial charge in [-0.05, 0) is 56.8 Å². The summed E-state index contributed by atoms with van der Waals surface area (Å²) in [6.07, 6.45) is 9.53. The smallest absolute Gasteiger partial charge is 0.0553 e. The van der Waals surface area contributed by atoms with Crippen molar-refractivity contribution in [2.75, 3.05) is 31.1 Å². The van der Waals surface area contributed by atoms with Crippen LogP contribution in [-0.4, -0.2) is 41.6 Å². The Morgan fingerprint density at radius 3 is 2.78 bits per heavy atom. The standard InChI is InChI=1S/C15H21N3/c1-2-14(11-16-6-1)17-9-5-15(12-17)10-13-3-7-18(15)8-4-13/h1-2,6,11,13H,3-5,7-10,12H2/t15-/m0/s1. The number of hydrogen-bond donors (Lipinski definition) is 0. The number of nitrogens with zero attached hydrogens (tertiary/aromatic N) is 3. The first-order valence-corrected chi connectivity index (χ1v) is 7.26. The van der Waals surface area contributed by atoms with Crippen molar-refractivity contribution in [3.63, 3.8) is 0 Å². The predicted molar refractivity (Wildman–Crippen MR) is 72.7 cm³/mol. The molecule has 0 N–H and O–H groups in total. The molecule has 3 heteroatoms. The minimum Gasteiger partial charge on any atom is -0.368 e. The van der Waals surface area contributed by atoms with Gasteiger partial charge in [0.1, 0.15) is 0 Å². The van der Waals surface area contributed by atoms with Crippen LogP contribution in [0.15, 0.2) is 24.5 Å². The molecular formula is C15H21N3. The van der Waals surface area contributed by atoms with Crippen molar-refractivity contribution in [3.05, 3.63) is 24.5 Å². The number of anilines is 1. The number of piperidine rings is 3. The van der Waals surface area contributed by atoms with Crippen molar-refractivity contribution in [2.24, 2.45) is 5.92 Å². The number of rotatable bonds is 1. The van der Waals surface area contributed by atoms with Crippen molar-refractivity contribution in [1.29, 1.82) is 0 Å². The Bertz CT molecular complexity index is 425. The van der Waals surface area contributed by atoms with E-state index in [1.54, 1.807) is 0 Å². The van der Waals surface area contributed by atoms with Crippen LogP contribution in [-0.2, 0) is 0 Å². The first kappa shape index (κ1) is 10.8. The maximum Gasteiger partial charge on any atom is 0.0553 e. The van der Waals surface area contributed by atoms with Crippen LogP contribution in [0.1, 0.15) is 25.7 Å². The maximum absolute atomic E-state index is 4.26. The minimum atomic E-state index is 0.497. The zero-order valence-corrected chi connectivity index (χ0v) is 10.9. The second-order valence-electron chi connectivity index (χ2n) is 6.24. The molecule has 5 rings (SSSR count). The largest absolute Gasteiger partial charge is 0.368 e. The molecule has 1 aromatic heterocycles. The van der Waals surface area contributed by atoms with Gasteiger partial charge >= 0.3 is 0 Å². The van der Waals surface area contributed by atoms with Gasteiger partial charge in [0.05, 0.1) is 11.9 Å². The van der Waals surface area contributed by atoms with Crippen molar-refractivity contribution in [2.45, 2.75) is 31.2 Å². The van der Waals surface area contributed by atoms with Crippen molar-refractivity contribution in [3.8, 4) is 0 Å². The molecule has 4 saturated heterocycles. The quantitative estimate of drug-likeness (QED) is 0.753. The normalized spacial score (nSPS) is 38.6. The van der Waals surface area contributed by atoms with Crippen LogP contribution in [0, 0.1) is 5.92 Å². The van der Waals surface area contributed by atoms with Crippen LogP contribution in [0.4, 0.5) is 5.69 Å². The van der Waals surface area contributed by atoms with Gasteiger partial charge in [0.25, 0.3) is 0 Å². The van der Waals surface area contributed by atoms with E-state index in [4.69, 9.17) is 0 Å². The highest BCUT2D eigenvalue weighted by Crippen LogP contribution is 2.44. The third-order valence-corrected chi connectivity index (χ3v) is 5.30. The van der Waals surface area contributed by atoms with Gasteiger partial charge in [0.15, 0.2) is 0 Å². The lowest BCUT2D eigenvalue weighted by atomic mass is 9.74. The molecular weight excluding hydrogens is 222 g/mol. The summed E-state index contributed by atoms with van der Waals surface area (Å²) in [7, 11) is 0. The Hall–Kier alpha value is -1.09. The Morgan fingerprint density at radius 2 is 2.11 bits per heavy atom. The van der Waals surface area contributed by atoms with E-state index in [0.717, 1.165) is 5.92 Å². The highest BCUT2D eigenvalue weighted by Gasteiger charge is 2.49. The van der Waals surface area contributed by atoms with Gasteiger partial charge in [-0.1, -0.05) is 0 Å². The Kier molecular flexibility index (Phi) is 2.37. The van der Waals surface area contributed by atoms with Crippen LogP contribution in [0.2, 0.25) is 0 Å². The molecule has 1 atom stereocenters. The molecule has 4 aliphatic rings. The minimum absolute atomic E-state index is 0.497. The highest BCUT2D eigenvalue weighted by molar-refractivity contribution is 5.46. The number of fused-ring (bicyclic) bond motifs is 2. The summed E-state index contributed by atoms with van der Waals surface area (Å²) in [5.41, 5.74) is 1.80. The molecule has 1 spiro atoms. The molecule has 0 aromatic carbocycles. The molecule has 0 radical (unpaired) electrons. The second-order valence-corrected chi connectivity index (χ2v) is 6.24. The van der Waals surface area contributed by atoms with E-state index in [2.05, 4.69) is 20.9 Å². The average molecular weight is 243 g/mol. The molecule has 18 heavy (non-hydrogen) atoms. The Balaban J connectivity index is 1.57. The highest BCUT2D eigenvalue weighted by atomic mass is 15.3. The summed E-state index contributed by atoms with van der Waals surface area (Å²) < 4.78 is 0. The average Bonchev–Trinajstić information content (AvgIpc) is 2.85. The van der Waals surface area contributed by atoms with Crippen molar-refractivity contribution < 1.29 is 0 Å². The van der Waals surface area contributed by atoms with Crippen LogP contribution in [0.5, 0.6) is 0 Å². The first-order valence-electron chi connectivity index (χ1n) is 7.26. The number of aromatic nitrogens is 1. The molecule has 3 nitrogen and oxygen atoms in total. The van der Waals surface area contributed by atoms with Crippen LogP contribution in [0.25, 0.3) is 0 Å². The first-order chi connectivity index (χ1) is 8.86. The van der Waals surface area contributed by atoms with E-state index >= 15 is 0 Å². The van der Waals surface area contributed by atoms with Gasteiger partial charge in [-0.15, -0.1) is 0 Å². The molecule has 4 aliphatic heterocycles. The molecule has 0 aliphatic carbocycles. The summed E-state index contributed by atoms with van der Waals surface area (Å²) in [6, 6.07) is 4.25. The lowest BCUT2D eigenvalue weighted by Crippen LogP contribution is -2.59. The van der Waals surface area contributed by atoms with Gasteiger partial charge in [-0.25, -0.2) is 0 Å². The number of pyridine rings is 1. The molecule has 0 unspecified atom stereocenters. The lowest BCUT2D eigenvalue weighted by Gasteiger charge is -2.52. The summed E-state index contributed by atoms with van der Waals surface area (Å²) in [5, 5.41) is 0. The fourth-order valence-corrected chi connectivity index (χ4v) is 4.32. The van der Waals surface area contributed by atoms with Gasteiger partial charge in [-0.3, -0.25) is 9.88 Å².